The van der Waals surface area contributed by atoms with Gasteiger partial charge in [0, 0.05) is 32.7 Å². The van der Waals surface area contributed by atoms with Gasteiger partial charge in [-0.15, -0.1) is 12.4 Å². The van der Waals surface area contributed by atoms with Crippen molar-refractivity contribution in [1.29, 1.82) is 0 Å². The van der Waals surface area contributed by atoms with Crippen molar-refractivity contribution >= 4 is 24.2 Å². The number of hydrogen-bond acceptors (Lipinski definition) is 4. The van der Waals surface area contributed by atoms with E-state index in [4.69, 9.17) is 0 Å². The Balaban J connectivity index is 0.00000400. The first-order valence-electron chi connectivity index (χ1n) is 7.38. The van der Waals surface area contributed by atoms with E-state index in [1.807, 2.05) is 18.9 Å². The molecule has 0 aliphatic carbocycles. The normalized spacial score (nSPS) is 16.6. The molecule has 0 saturated carbocycles. The standard InChI is InChI=1S/C14H28N4O2.ClH/c1-11(2)9-16-14(20)12(3)17(4)10-13(19)18-7-5-15-6-8-18;/h11-12,15H,5-10H2,1-4H3,(H,16,20);1H. The second-order valence-electron chi connectivity index (χ2n) is 5.86. The first kappa shape index (κ1) is 20.1. The third-order valence-corrected chi connectivity index (χ3v) is 3.58. The van der Waals surface area contributed by atoms with Gasteiger partial charge in [-0.2, -0.15) is 0 Å². The number of nitrogens with one attached hydrogen (secondary N) is 2. The topological polar surface area (TPSA) is 64.7 Å². The highest BCUT2D eigenvalue weighted by atomic mass is 35.5. The van der Waals surface area contributed by atoms with Crippen LogP contribution in [-0.4, -0.2) is 74.0 Å². The molecule has 6 nitrogen and oxygen atoms in total. The van der Waals surface area contributed by atoms with Crippen LogP contribution >= 0.6 is 12.4 Å². The van der Waals surface area contributed by atoms with E-state index in [9.17, 15) is 9.59 Å². The van der Waals surface area contributed by atoms with Crippen molar-refractivity contribution in [2.75, 3.05) is 46.3 Å². The number of nitrogens with zero attached hydrogens (tertiary/aromatic N) is 2. The summed E-state index contributed by atoms with van der Waals surface area (Å²) in [4.78, 5) is 27.7. The molecule has 1 saturated heterocycles. The van der Waals surface area contributed by atoms with Crippen LogP contribution in [0.5, 0.6) is 0 Å². The van der Waals surface area contributed by atoms with E-state index in [1.54, 1.807) is 4.90 Å². The molecule has 0 spiro atoms. The van der Waals surface area contributed by atoms with Crippen LogP contribution in [0.1, 0.15) is 20.8 Å². The summed E-state index contributed by atoms with van der Waals surface area (Å²) < 4.78 is 0. The van der Waals surface area contributed by atoms with Gasteiger partial charge in [0.1, 0.15) is 0 Å². The van der Waals surface area contributed by atoms with E-state index in [-0.39, 0.29) is 36.8 Å². The zero-order valence-electron chi connectivity index (χ0n) is 13.5. The van der Waals surface area contributed by atoms with Gasteiger partial charge in [0.05, 0.1) is 12.6 Å². The van der Waals surface area contributed by atoms with Gasteiger partial charge in [0.15, 0.2) is 0 Å². The minimum atomic E-state index is -0.291. The molecule has 124 valence electrons. The molecule has 1 unspecified atom stereocenters. The summed E-state index contributed by atoms with van der Waals surface area (Å²) in [5.41, 5.74) is 0. The van der Waals surface area contributed by atoms with Gasteiger partial charge in [0.25, 0.3) is 0 Å². The molecule has 1 heterocycles. The molecule has 0 radical (unpaired) electrons. The average molecular weight is 321 g/mol. The predicted octanol–water partition coefficient (Wildman–Crippen LogP) is -0.0675. The van der Waals surface area contributed by atoms with Crippen molar-refractivity contribution in [3.63, 3.8) is 0 Å². The lowest BCUT2D eigenvalue weighted by atomic mass is 10.2. The number of carbonyl (C=O) groups excluding carboxylic acids is 2. The Hall–Kier alpha value is -0.850. The molecule has 0 aromatic rings. The van der Waals surface area contributed by atoms with Crippen molar-refractivity contribution in [3.05, 3.63) is 0 Å². The van der Waals surface area contributed by atoms with Crippen LogP contribution in [-0.2, 0) is 9.59 Å². The van der Waals surface area contributed by atoms with Gasteiger partial charge < -0.3 is 15.5 Å². The first-order chi connectivity index (χ1) is 9.41. The maximum Gasteiger partial charge on any atom is 0.237 e. The molecule has 2 N–H and O–H groups in total. The minimum Gasteiger partial charge on any atom is -0.354 e. The van der Waals surface area contributed by atoms with E-state index in [1.165, 1.54) is 0 Å². The second-order valence-corrected chi connectivity index (χ2v) is 5.86. The summed E-state index contributed by atoms with van der Waals surface area (Å²) in [6, 6.07) is -0.291. The van der Waals surface area contributed by atoms with E-state index >= 15 is 0 Å². The van der Waals surface area contributed by atoms with Crippen molar-refractivity contribution in [1.82, 2.24) is 20.4 Å². The fourth-order valence-electron chi connectivity index (χ4n) is 2.02. The first-order valence-corrected chi connectivity index (χ1v) is 7.38. The summed E-state index contributed by atoms with van der Waals surface area (Å²) in [5.74, 6) is 0.505. The monoisotopic (exact) mass is 320 g/mol. The maximum atomic E-state index is 12.1. The summed E-state index contributed by atoms with van der Waals surface area (Å²) in [7, 11) is 1.82. The van der Waals surface area contributed by atoms with Gasteiger partial charge in [-0.3, -0.25) is 14.5 Å². The van der Waals surface area contributed by atoms with Crippen LogP contribution in [0.15, 0.2) is 0 Å². The molecular formula is C14H29ClN4O2. The highest BCUT2D eigenvalue weighted by molar-refractivity contribution is 5.85. The van der Waals surface area contributed by atoms with Crippen molar-refractivity contribution in [2.24, 2.45) is 5.92 Å². The quantitative estimate of drug-likeness (QED) is 0.719. The Morgan fingerprint density at radius 1 is 1.24 bits per heavy atom. The van der Waals surface area contributed by atoms with Crippen LogP contribution in [0.4, 0.5) is 0 Å². The zero-order valence-corrected chi connectivity index (χ0v) is 14.3. The lowest BCUT2D eigenvalue weighted by Gasteiger charge is -2.30. The molecule has 0 aromatic carbocycles. The second kappa shape index (κ2) is 9.97. The lowest BCUT2D eigenvalue weighted by Crippen LogP contribution is -2.52. The number of carbonyl (C=O) groups is 2. The SMILES string of the molecule is CC(C)CNC(=O)C(C)N(C)CC(=O)N1CCNCC1.Cl. The number of halogens is 1. The summed E-state index contributed by atoms with van der Waals surface area (Å²) in [6.07, 6.45) is 0. The Bertz CT molecular complexity index is 333. The smallest absolute Gasteiger partial charge is 0.237 e. The number of amides is 2. The molecule has 0 bridgehead atoms. The molecule has 1 aliphatic heterocycles. The summed E-state index contributed by atoms with van der Waals surface area (Å²) >= 11 is 0. The molecule has 21 heavy (non-hydrogen) atoms. The predicted molar refractivity (Wildman–Crippen MR) is 86.6 cm³/mol. The Morgan fingerprint density at radius 3 is 2.33 bits per heavy atom. The average Bonchev–Trinajstić information content (AvgIpc) is 2.44. The summed E-state index contributed by atoms with van der Waals surface area (Å²) in [6.45, 7) is 10.1. The fourth-order valence-corrected chi connectivity index (χ4v) is 2.02. The van der Waals surface area contributed by atoms with Gasteiger partial charge in [0.2, 0.25) is 11.8 Å². The molecule has 1 atom stereocenters. The molecule has 7 heteroatoms. The number of hydrogen-bond donors (Lipinski definition) is 2. The highest BCUT2D eigenvalue weighted by Gasteiger charge is 2.23. The molecule has 2 amide bonds. The molecular weight excluding hydrogens is 292 g/mol. The van der Waals surface area contributed by atoms with Crippen molar-refractivity contribution in [2.45, 2.75) is 26.8 Å². The Kier molecular flexibility index (Phi) is 9.57. The van der Waals surface area contributed by atoms with E-state index in [2.05, 4.69) is 24.5 Å². The van der Waals surface area contributed by atoms with Gasteiger partial charge >= 0.3 is 0 Å². The van der Waals surface area contributed by atoms with Crippen LogP contribution in [0.25, 0.3) is 0 Å². The number of piperazine rings is 1. The van der Waals surface area contributed by atoms with E-state index in [0.29, 0.717) is 12.5 Å². The Morgan fingerprint density at radius 2 is 1.81 bits per heavy atom. The van der Waals surface area contributed by atoms with Crippen LogP contribution in [0.2, 0.25) is 0 Å². The molecule has 1 rings (SSSR count). The van der Waals surface area contributed by atoms with Crippen LogP contribution in [0.3, 0.4) is 0 Å². The molecule has 1 aliphatic rings. The fraction of sp³-hybridized carbons (Fsp3) is 0.857. The Labute approximate surface area is 134 Å². The van der Waals surface area contributed by atoms with E-state index < -0.39 is 0 Å². The lowest BCUT2D eigenvalue weighted by molar-refractivity contribution is -0.134. The van der Waals surface area contributed by atoms with Crippen LogP contribution < -0.4 is 10.6 Å². The van der Waals surface area contributed by atoms with Gasteiger partial charge in [-0.05, 0) is 19.9 Å². The third-order valence-electron chi connectivity index (χ3n) is 3.58. The van der Waals surface area contributed by atoms with Crippen molar-refractivity contribution in [3.8, 4) is 0 Å². The highest BCUT2D eigenvalue weighted by Crippen LogP contribution is 2.00. The van der Waals surface area contributed by atoms with E-state index in [0.717, 1.165) is 26.2 Å². The minimum absolute atomic E-state index is 0. The molecule has 1 fully saturated rings. The largest absolute Gasteiger partial charge is 0.354 e. The van der Waals surface area contributed by atoms with Gasteiger partial charge in [-0.25, -0.2) is 0 Å². The number of likely N-dealkylation sites (N-methyl/N-ethyl adjacent to an activating group) is 1. The molecule has 0 aromatic heterocycles. The van der Waals surface area contributed by atoms with Crippen LogP contribution in [0, 0.1) is 5.92 Å². The third kappa shape index (κ3) is 7.11. The number of rotatable bonds is 6. The zero-order chi connectivity index (χ0) is 15.1. The van der Waals surface area contributed by atoms with Crippen molar-refractivity contribution < 1.29 is 9.59 Å². The van der Waals surface area contributed by atoms with Gasteiger partial charge in [-0.1, -0.05) is 13.8 Å². The maximum absolute atomic E-state index is 12.1. The summed E-state index contributed by atoms with van der Waals surface area (Å²) in [5, 5.41) is 6.12.